The third-order valence-electron chi connectivity index (χ3n) is 7.53. The number of carboxylic acids is 1. The number of aliphatic carboxylic acids is 1. The minimum absolute atomic E-state index is 0.0194. The van der Waals surface area contributed by atoms with Crippen molar-refractivity contribution in [1.29, 1.82) is 0 Å². The summed E-state index contributed by atoms with van der Waals surface area (Å²) in [5.74, 6) is -0.704. The summed E-state index contributed by atoms with van der Waals surface area (Å²) in [5, 5.41) is 8.66. The summed E-state index contributed by atoms with van der Waals surface area (Å²) in [6.07, 6.45) is 44.6. The maximum Gasteiger partial charge on any atom is 0.306 e. The molecule has 0 heterocycles. The van der Waals surface area contributed by atoms with Crippen LogP contribution in [0.5, 0.6) is 0 Å². The Bertz CT molecular complexity index is 719. The van der Waals surface area contributed by atoms with Gasteiger partial charge in [-0.05, 0) is 77.0 Å². The molecule has 1 N–H and O–H groups in total. The van der Waals surface area contributed by atoms with Crippen LogP contribution in [0.15, 0.2) is 48.6 Å². The molecular weight excluding hydrogens is 520 g/mol. The third kappa shape index (κ3) is 32.4. The average molecular weight is 587 g/mol. The predicted molar refractivity (Wildman–Crippen MR) is 181 cm³/mol. The molecule has 0 spiro atoms. The van der Waals surface area contributed by atoms with Crippen LogP contribution in [0.3, 0.4) is 0 Å². The van der Waals surface area contributed by atoms with Crippen molar-refractivity contribution in [3.63, 3.8) is 0 Å². The summed E-state index contributed by atoms with van der Waals surface area (Å²) >= 11 is 0. The third-order valence-corrected chi connectivity index (χ3v) is 7.53. The topological polar surface area (TPSA) is 63.6 Å². The van der Waals surface area contributed by atoms with Crippen LogP contribution < -0.4 is 0 Å². The van der Waals surface area contributed by atoms with Gasteiger partial charge in [0.05, 0.1) is 0 Å². The second kappa shape index (κ2) is 33.4. The van der Waals surface area contributed by atoms with Gasteiger partial charge < -0.3 is 9.84 Å². The molecule has 42 heavy (non-hydrogen) atoms. The zero-order valence-corrected chi connectivity index (χ0v) is 27.5. The summed E-state index contributed by atoms with van der Waals surface area (Å²) in [7, 11) is 0. The van der Waals surface area contributed by atoms with Gasteiger partial charge in [-0.25, -0.2) is 0 Å². The Hall–Kier alpha value is -2.10. The maximum atomic E-state index is 12.3. The van der Waals surface area contributed by atoms with Gasteiger partial charge in [-0.3, -0.25) is 9.59 Å². The molecule has 0 aliphatic heterocycles. The predicted octanol–water partition coefficient (Wildman–Crippen LogP) is 12.0. The average Bonchev–Trinajstić information content (AvgIpc) is 2.97. The SMILES string of the molecule is CCCCC/C=C\C/C=C\C/C=C\C/C=C\CCCCCC(=O)OC(CCC)CCCCCCCCCCCC(=O)O. The number of allylic oxidation sites excluding steroid dienone is 8. The molecule has 0 bridgehead atoms. The van der Waals surface area contributed by atoms with Crippen LogP contribution in [0.2, 0.25) is 0 Å². The highest BCUT2D eigenvalue weighted by Gasteiger charge is 2.13. The molecule has 0 radical (unpaired) electrons. The highest BCUT2D eigenvalue weighted by molar-refractivity contribution is 5.69. The van der Waals surface area contributed by atoms with Gasteiger partial charge >= 0.3 is 11.9 Å². The molecule has 4 heteroatoms. The minimum atomic E-state index is -0.684. The van der Waals surface area contributed by atoms with Crippen molar-refractivity contribution < 1.29 is 19.4 Å². The molecule has 1 unspecified atom stereocenters. The van der Waals surface area contributed by atoms with Gasteiger partial charge in [0.25, 0.3) is 0 Å². The number of rotatable bonds is 31. The molecule has 1 atom stereocenters. The zero-order valence-electron chi connectivity index (χ0n) is 27.5. The van der Waals surface area contributed by atoms with Gasteiger partial charge in [-0.15, -0.1) is 0 Å². The van der Waals surface area contributed by atoms with E-state index in [0.29, 0.717) is 12.8 Å². The van der Waals surface area contributed by atoms with Crippen molar-refractivity contribution in [3.8, 4) is 0 Å². The molecular formula is C38H66O4. The summed E-state index contributed by atoms with van der Waals surface area (Å²) in [5.41, 5.74) is 0. The number of ether oxygens (including phenoxy) is 1. The number of carbonyl (C=O) groups excluding carboxylic acids is 1. The Labute approximate surface area is 260 Å². The first kappa shape index (κ1) is 39.9. The molecule has 0 aromatic heterocycles. The fraction of sp³-hybridized carbons (Fsp3) is 0.737. The molecule has 0 amide bonds. The monoisotopic (exact) mass is 586 g/mol. The van der Waals surface area contributed by atoms with Crippen molar-refractivity contribution in [2.75, 3.05) is 0 Å². The number of esters is 1. The van der Waals surface area contributed by atoms with E-state index in [0.717, 1.165) is 89.9 Å². The number of carboxylic acid groups (broad SMARTS) is 1. The lowest BCUT2D eigenvalue weighted by Gasteiger charge is -2.17. The molecule has 0 fully saturated rings. The number of carbonyl (C=O) groups is 2. The quantitative estimate of drug-likeness (QED) is 0.0498. The number of unbranched alkanes of at least 4 members (excludes halogenated alkanes) is 14. The molecule has 0 aromatic carbocycles. The van der Waals surface area contributed by atoms with E-state index in [1.807, 2.05) is 0 Å². The van der Waals surface area contributed by atoms with Gasteiger partial charge in [-0.1, -0.05) is 133 Å². The molecule has 242 valence electrons. The fourth-order valence-corrected chi connectivity index (χ4v) is 4.98. The van der Waals surface area contributed by atoms with E-state index in [1.165, 1.54) is 57.8 Å². The van der Waals surface area contributed by atoms with E-state index >= 15 is 0 Å². The second-order valence-electron chi connectivity index (χ2n) is 11.7. The highest BCUT2D eigenvalue weighted by Crippen LogP contribution is 2.16. The highest BCUT2D eigenvalue weighted by atomic mass is 16.5. The van der Waals surface area contributed by atoms with Gasteiger partial charge in [0.2, 0.25) is 0 Å². The summed E-state index contributed by atoms with van der Waals surface area (Å²) in [6.45, 7) is 4.40. The zero-order chi connectivity index (χ0) is 30.8. The summed E-state index contributed by atoms with van der Waals surface area (Å²) in [4.78, 5) is 22.9. The molecule has 0 aliphatic carbocycles. The Morgan fingerprint density at radius 2 is 0.976 bits per heavy atom. The molecule has 4 nitrogen and oxygen atoms in total. The first-order valence-corrected chi connectivity index (χ1v) is 17.6. The maximum absolute atomic E-state index is 12.3. The van der Waals surface area contributed by atoms with Crippen LogP contribution in [0.1, 0.15) is 174 Å². The van der Waals surface area contributed by atoms with Crippen molar-refractivity contribution in [1.82, 2.24) is 0 Å². The van der Waals surface area contributed by atoms with Crippen molar-refractivity contribution >= 4 is 11.9 Å². The lowest BCUT2D eigenvalue weighted by atomic mass is 10.0. The summed E-state index contributed by atoms with van der Waals surface area (Å²) < 4.78 is 5.82. The van der Waals surface area contributed by atoms with E-state index in [9.17, 15) is 9.59 Å². The van der Waals surface area contributed by atoms with Gasteiger partial charge in [-0.2, -0.15) is 0 Å². The van der Waals surface area contributed by atoms with Crippen molar-refractivity contribution in [3.05, 3.63) is 48.6 Å². The molecule has 0 rings (SSSR count). The van der Waals surface area contributed by atoms with E-state index < -0.39 is 5.97 Å². The van der Waals surface area contributed by atoms with Crippen LogP contribution in [-0.4, -0.2) is 23.1 Å². The largest absolute Gasteiger partial charge is 0.481 e. The number of hydrogen-bond donors (Lipinski definition) is 1. The minimum Gasteiger partial charge on any atom is -0.481 e. The molecule has 0 saturated heterocycles. The Morgan fingerprint density at radius 1 is 0.524 bits per heavy atom. The fourth-order valence-electron chi connectivity index (χ4n) is 4.98. The van der Waals surface area contributed by atoms with Crippen molar-refractivity contribution in [2.24, 2.45) is 0 Å². The van der Waals surface area contributed by atoms with Crippen LogP contribution in [0.25, 0.3) is 0 Å². The lowest BCUT2D eigenvalue weighted by molar-refractivity contribution is -0.150. The van der Waals surface area contributed by atoms with Crippen molar-refractivity contribution in [2.45, 2.75) is 180 Å². The van der Waals surface area contributed by atoms with Gasteiger partial charge in [0.15, 0.2) is 0 Å². The molecule has 0 saturated carbocycles. The normalized spacial score (nSPS) is 12.8. The Morgan fingerprint density at radius 3 is 1.50 bits per heavy atom. The van der Waals surface area contributed by atoms with Crippen LogP contribution in [0.4, 0.5) is 0 Å². The Balaban J connectivity index is 3.68. The summed E-state index contributed by atoms with van der Waals surface area (Å²) in [6, 6.07) is 0. The lowest BCUT2D eigenvalue weighted by Crippen LogP contribution is -2.18. The van der Waals surface area contributed by atoms with Gasteiger partial charge in [0.1, 0.15) is 6.10 Å². The van der Waals surface area contributed by atoms with E-state index in [2.05, 4.69) is 62.5 Å². The molecule has 0 aromatic rings. The molecule has 0 aliphatic rings. The van der Waals surface area contributed by atoms with Crippen LogP contribution in [0, 0.1) is 0 Å². The Kier molecular flexibility index (Phi) is 31.7. The smallest absolute Gasteiger partial charge is 0.306 e. The van der Waals surface area contributed by atoms with Crippen LogP contribution in [-0.2, 0) is 14.3 Å². The van der Waals surface area contributed by atoms with Crippen LogP contribution >= 0.6 is 0 Å². The number of hydrogen-bond acceptors (Lipinski definition) is 3. The van der Waals surface area contributed by atoms with E-state index in [1.54, 1.807) is 0 Å². The first-order valence-electron chi connectivity index (χ1n) is 17.6. The standard InChI is InChI=1S/C38H66O4/c1-3-5-6-7-8-9-10-11-12-13-14-15-16-17-18-22-25-28-31-35-38(41)42-36(32-4-2)33-29-26-23-20-19-21-24-27-30-34-37(39)40/h8-9,11-12,14-15,17-18,36H,3-7,10,13,16,19-35H2,1-2H3,(H,39,40)/b9-8-,12-11-,15-14-,18-17-. The van der Waals surface area contributed by atoms with E-state index in [4.69, 9.17) is 9.84 Å². The van der Waals surface area contributed by atoms with Gasteiger partial charge in [0, 0.05) is 12.8 Å². The van der Waals surface area contributed by atoms with E-state index in [-0.39, 0.29) is 12.1 Å². The first-order chi connectivity index (χ1) is 20.6. The second-order valence-corrected chi connectivity index (χ2v) is 11.7.